The Morgan fingerprint density at radius 1 is 1.15 bits per heavy atom. The molecule has 2 aromatic carbocycles. The lowest BCUT2D eigenvalue weighted by Gasteiger charge is -2.37. The van der Waals surface area contributed by atoms with E-state index < -0.39 is 0 Å². The molecule has 0 saturated carbocycles. The van der Waals surface area contributed by atoms with E-state index in [1.807, 2.05) is 24.3 Å². The van der Waals surface area contributed by atoms with Crippen molar-refractivity contribution in [3.8, 4) is 17.6 Å². The van der Waals surface area contributed by atoms with Crippen LogP contribution in [0.2, 0.25) is 0 Å². The molecular formula is C28H28N2O3. The van der Waals surface area contributed by atoms with Crippen molar-refractivity contribution in [2.45, 2.75) is 25.5 Å². The van der Waals surface area contributed by atoms with E-state index in [9.17, 15) is 5.26 Å². The first-order valence-corrected chi connectivity index (χ1v) is 11.3. The summed E-state index contributed by atoms with van der Waals surface area (Å²) in [5.74, 6) is 1.50. The summed E-state index contributed by atoms with van der Waals surface area (Å²) in [5.41, 5.74) is 5.05. The second-order valence-corrected chi connectivity index (χ2v) is 9.04. The first-order chi connectivity index (χ1) is 16.1. The largest absolute Gasteiger partial charge is 0.454 e. The van der Waals surface area contributed by atoms with Gasteiger partial charge in [0.1, 0.15) is 0 Å². The fraction of sp³-hybridized carbons (Fsp3) is 0.321. The van der Waals surface area contributed by atoms with E-state index >= 15 is 0 Å². The molecule has 0 bridgehead atoms. The van der Waals surface area contributed by atoms with Gasteiger partial charge in [-0.15, -0.1) is 0 Å². The highest BCUT2D eigenvalue weighted by atomic mass is 16.7. The van der Waals surface area contributed by atoms with Gasteiger partial charge in [-0.25, -0.2) is 0 Å². The Balaban J connectivity index is 1.53. The molecule has 2 unspecified atom stereocenters. The maximum Gasteiger partial charge on any atom is 0.231 e. The van der Waals surface area contributed by atoms with Crippen LogP contribution in [0.15, 0.2) is 77.9 Å². The zero-order valence-corrected chi connectivity index (χ0v) is 19.1. The van der Waals surface area contributed by atoms with E-state index in [2.05, 4.69) is 60.4 Å². The third kappa shape index (κ3) is 4.32. The predicted molar refractivity (Wildman–Crippen MR) is 128 cm³/mol. The van der Waals surface area contributed by atoms with Crippen molar-refractivity contribution in [3.63, 3.8) is 0 Å². The van der Waals surface area contributed by atoms with Gasteiger partial charge >= 0.3 is 0 Å². The van der Waals surface area contributed by atoms with Crippen molar-refractivity contribution >= 4 is 5.57 Å². The van der Waals surface area contributed by atoms with Gasteiger partial charge in [0.15, 0.2) is 11.5 Å². The number of hydrogen-bond acceptors (Lipinski definition) is 5. The topological polar surface area (TPSA) is 54.7 Å². The highest BCUT2D eigenvalue weighted by Gasteiger charge is 2.33. The smallest absolute Gasteiger partial charge is 0.231 e. The van der Waals surface area contributed by atoms with Crippen molar-refractivity contribution in [2.24, 2.45) is 5.92 Å². The van der Waals surface area contributed by atoms with Gasteiger partial charge in [0.25, 0.3) is 0 Å². The van der Waals surface area contributed by atoms with Gasteiger partial charge in [-0.1, -0.05) is 54.6 Å². The number of allylic oxidation sites excluding steroid dienone is 1. The lowest BCUT2D eigenvalue weighted by molar-refractivity contribution is 0.0499. The molecule has 5 nitrogen and oxygen atoms in total. The number of nitrogens with zero attached hydrogens (tertiary/aromatic N) is 2. The lowest BCUT2D eigenvalue weighted by atomic mass is 9.79. The summed E-state index contributed by atoms with van der Waals surface area (Å²) in [7, 11) is 1.74. The van der Waals surface area contributed by atoms with Crippen LogP contribution in [0.5, 0.6) is 11.5 Å². The summed E-state index contributed by atoms with van der Waals surface area (Å²) < 4.78 is 16.8. The number of fused-ring (bicyclic) bond motifs is 1. The molecule has 5 rings (SSSR count). The Hall–Kier alpha value is -3.33. The highest BCUT2D eigenvalue weighted by Crippen LogP contribution is 2.40. The molecule has 0 N–H and O–H groups in total. The zero-order chi connectivity index (χ0) is 22.8. The molecule has 2 aromatic rings. The molecule has 33 heavy (non-hydrogen) atoms. The van der Waals surface area contributed by atoms with E-state index in [-0.39, 0.29) is 18.3 Å². The molecule has 5 heteroatoms. The molecule has 1 aliphatic carbocycles. The van der Waals surface area contributed by atoms with Gasteiger partial charge in [-0.2, -0.15) is 5.26 Å². The second kappa shape index (κ2) is 8.90. The molecular weight excluding hydrogens is 412 g/mol. The van der Waals surface area contributed by atoms with Crippen LogP contribution in [0.25, 0.3) is 5.57 Å². The summed E-state index contributed by atoms with van der Waals surface area (Å²) in [6.07, 6.45) is 7.28. The molecule has 0 radical (unpaired) electrons. The molecule has 168 valence electrons. The average Bonchev–Trinajstić information content (AvgIpc) is 3.33. The van der Waals surface area contributed by atoms with Gasteiger partial charge in [-0.3, -0.25) is 4.90 Å². The molecule has 0 fully saturated rings. The minimum atomic E-state index is -0.293. The Morgan fingerprint density at radius 2 is 1.97 bits per heavy atom. The standard InChI is InChI=1S/C28H28N2O3/c1-28(31-2)12-10-21(11-13-28)24-17-30(16-20-6-4-3-5-7-20)18-25(23(24)15-29)22-8-9-26-27(14-22)33-19-32-26/h3-12,14,24H,13,16-19H2,1-2H3. The lowest BCUT2D eigenvalue weighted by Crippen LogP contribution is -2.37. The quantitative estimate of drug-likeness (QED) is 0.646. The molecule has 2 atom stereocenters. The summed E-state index contributed by atoms with van der Waals surface area (Å²) in [5, 5.41) is 10.3. The van der Waals surface area contributed by atoms with E-state index in [4.69, 9.17) is 14.2 Å². The van der Waals surface area contributed by atoms with Gasteiger partial charge in [0.2, 0.25) is 6.79 Å². The summed E-state index contributed by atoms with van der Waals surface area (Å²) in [6, 6.07) is 19.0. The molecule has 3 aliphatic rings. The number of hydrogen-bond donors (Lipinski definition) is 0. The SMILES string of the molecule is COC1(C)C=CC(C2CN(Cc3ccccc3)CC(c3ccc4c(c3)OCO4)=C2C#N)=CC1. The van der Waals surface area contributed by atoms with Crippen molar-refractivity contribution in [3.05, 3.63) is 89.0 Å². The normalized spacial score (nSPS) is 24.5. The Morgan fingerprint density at radius 3 is 2.70 bits per heavy atom. The van der Waals surface area contributed by atoms with Crippen LogP contribution in [0.4, 0.5) is 0 Å². The maximum absolute atomic E-state index is 10.3. The second-order valence-electron chi connectivity index (χ2n) is 9.04. The minimum absolute atomic E-state index is 0.00513. The number of rotatable bonds is 5. The van der Waals surface area contributed by atoms with Crippen LogP contribution >= 0.6 is 0 Å². The fourth-order valence-electron chi connectivity index (χ4n) is 4.78. The Labute approximate surface area is 195 Å². The fourth-order valence-corrected chi connectivity index (χ4v) is 4.78. The summed E-state index contributed by atoms with van der Waals surface area (Å²) >= 11 is 0. The maximum atomic E-state index is 10.3. The van der Waals surface area contributed by atoms with Crippen LogP contribution in [-0.4, -0.2) is 37.5 Å². The van der Waals surface area contributed by atoms with Gasteiger partial charge in [-0.05, 0) is 47.8 Å². The van der Waals surface area contributed by atoms with Gasteiger partial charge in [0, 0.05) is 38.2 Å². The van der Waals surface area contributed by atoms with Gasteiger partial charge in [0.05, 0.1) is 11.7 Å². The van der Waals surface area contributed by atoms with Crippen LogP contribution in [0, 0.1) is 17.2 Å². The van der Waals surface area contributed by atoms with Crippen LogP contribution in [0.1, 0.15) is 24.5 Å². The van der Waals surface area contributed by atoms with Crippen LogP contribution in [0.3, 0.4) is 0 Å². The average molecular weight is 441 g/mol. The molecule has 2 aliphatic heterocycles. The Kier molecular flexibility index (Phi) is 5.80. The molecule has 0 spiro atoms. The number of methoxy groups -OCH3 is 1. The van der Waals surface area contributed by atoms with Gasteiger partial charge < -0.3 is 14.2 Å². The van der Waals surface area contributed by atoms with E-state index in [0.29, 0.717) is 6.54 Å². The molecule has 0 saturated heterocycles. The summed E-state index contributed by atoms with van der Waals surface area (Å²) in [4.78, 5) is 2.43. The van der Waals surface area contributed by atoms with Crippen LogP contribution < -0.4 is 9.47 Å². The van der Waals surface area contributed by atoms with Crippen molar-refractivity contribution in [1.82, 2.24) is 4.90 Å². The van der Waals surface area contributed by atoms with E-state index in [1.165, 1.54) is 11.1 Å². The third-order valence-electron chi connectivity index (χ3n) is 6.83. The summed E-state index contributed by atoms with van der Waals surface area (Å²) in [6.45, 7) is 4.66. The van der Waals surface area contributed by atoms with E-state index in [0.717, 1.165) is 47.7 Å². The third-order valence-corrected chi connectivity index (χ3v) is 6.83. The number of ether oxygens (including phenoxy) is 3. The number of nitriles is 1. The van der Waals surface area contributed by atoms with Crippen LogP contribution in [-0.2, 0) is 11.3 Å². The molecule has 0 amide bonds. The first kappa shape index (κ1) is 21.5. The minimum Gasteiger partial charge on any atom is -0.454 e. The Bertz CT molecular complexity index is 1180. The van der Waals surface area contributed by atoms with Crippen molar-refractivity contribution in [2.75, 3.05) is 27.0 Å². The van der Waals surface area contributed by atoms with E-state index in [1.54, 1.807) is 7.11 Å². The number of benzene rings is 2. The molecule has 2 heterocycles. The molecule has 0 aromatic heterocycles. The predicted octanol–water partition coefficient (Wildman–Crippen LogP) is 5.12. The van der Waals surface area contributed by atoms with Crippen molar-refractivity contribution < 1.29 is 14.2 Å². The zero-order valence-electron chi connectivity index (χ0n) is 19.1. The monoisotopic (exact) mass is 440 g/mol. The van der Waals surface area contributed by atoms with Crippen molar-refractivity contribution in [1.29, 1.82) is 5.26 Å². The first-order valence-electron chi connectivity index (χ1n) is 11.3. The highest BCUT2D eigenvalue weighted by molar-refractivity contribution is 5.77.